The molecule has 1 atom stereocenters. The monoisotopic (exact) mass is 432 g/mol. The smallest absolute Gasteiger partial charge is 0.293 e. The summed E-state index contributed by atoms with van der Waals surface area (Å²) in [5.74, 6) is -0.333. The third-order valence-corrected chi connectivity index (χ3v) is 5.39. The molecule has 9 heteroatoms. The van der Waals surface area contributed by atoms with E-state index in [0.717, 1.165) is 5.56 Å². The number of halogens is 1. The van der Waals surface area contributed by atoms with Crippen LogP contribution in [0.3, 0.4) is 0 Å². The van der Waals surface area contributed by atoms with Crippen molar-refractivity contribution >= 4 is 39.9 Å². The van der Waals surface area contributed by atoms with Gasteiger partial charge in [0.05, 0.1) is 24.4 Å². The third kappa shape index (κ3) is 5.66. The van der Waals surface area contributed by atoms with Gasteiger partial charge in [-0.2, -0.15) is 0 Å². The molecule has 3 aromatic rings. The molecule has 0 aliphatic rings. The summed E-state index contributed by atoms with van der Waals surface area (Å²) in [6, 6.07) is 10.7. The average molecular weight is 433 g/mol. The molecule has 2 aromatic heterocycles. The first-order valence-corrected chi connectivity index (χ1v) is 10.2. The fourth-order valence-corrected chi connectivity index (χ4v) is 3.73. The van der Waals surface area contributed by atoms with Crippen LogP contribution in [0.5, 0.6) is 0 Å². The predicted molar refractivity (Wildman–Crippen MR) is 113 cm³/mol. The van der Waals surface area contributed by atoms with Crippen molar-refractivity contribution < 1.29 is 14.0 Å². The van der Waals surface area contributed by atoms with E-state index in [0.29, 0.717) is 22.4 Å². The van der Waals surface area contributed by atoms with E-state index in [1.54, 1.807) is 17.5 Å². The van der Waals surface area contributed by atoms with Crippen LogP contribution in [-0.4, -0.2) is 42.3 Å². The van der Waals surface area contributed by atoms with Gasteiger partial charge in [-0.15, -0.1) is 11.3 Å². The molecule has 2 amide bonds. The van der Waals surface area contributed by atoms with Gasteiger partial charge in [-0.1, -0.05) is 29.8 Å². The number of thiazole rings is 1. The molecule has 0 radical (unpaired) electrons. The predicted octanol–water partition coefficient (Wildman–Crippen LogP) is 3.60. The Hall–Kier alpha value is -2.68. The molecule has 1 aromatic carbocycles. The third-order valence-electron chi connectivity index (χ3n) is 4.24. The fraction of sp³-hybridized carbons (Fsp3) is 0.250. The van der Waals surface area contributed by atoms with Crippen LogP contribution in [-0.2, 0) is 11.2 Å². The minimum absolute atomic E-state index is 0.0498. The molecule has 3 rings (SSSR count). The number of likely N-dealkylation sites (N-methyl/N-ethyl adjacent to an activating group) is 1. The first kappa shape index (κ1) is 21.0. The van der Waals surface area contributed by atoms with Gasteiger partial charge in [0.25, 0.3) is 5.91 Å². The van der Waals surface area contributed by atoms with Crippen molar-refractivity contribution in [3.05, 3.63) is 70.1 Å². The second-order valence-corrected chi connectivity index (χ2v) is 7.82. The van der Waals surface area contributed by atoms with Crippen LogP contribution < -0.4 is 10.6 Å². The van der Waals surface area contributed by atoms with Crippen LogP contribution in [0.25, 0.3) is 0 Å². The Balaban J connectivity index is 1.54. The molecule has 0 saturated carbocycles. The Kier molecular flexibility index (Phi) is 7.03. The Morgan fingerprint density at radius 3 is 2.72 bits per heavy atom. The summed E-state index contributed by atoms with van der Waals surface area (Å²) in [6.45, 7) is 0.418. The highest BCUT2D eigenvalue weighted by Crippen LogP contribution is 2.25. The molecule has 0 aliphatic carbocycles. The zero-order valence-corrected chi connectivity index (χ0v) is 17.6. The van der Waals surface area contributed by atoms with Crippen LogP contribution in [0.15, 0.2) is 52.5 Å². The van der Waals surface area contributed by atoms with E-state index in [-0.39, 0.29) is 30.0 Å². The van der Waals surface area contributed by atoms with Crippen molar-refractivity contribution in [2.24, 2.45) is 0 Å². The molecule has 152 valence electrons. The van der Waals surface area contributed by atoms with Gasteiger partial charge in [0.1, 0.15) is 0 Å². The van der Waals surface area contributed by atoms with Crippen molar-refractivity contribution in [3.8, 4) is 0 Å². The van der Waals surface area contributed by atoms with Crippen LogP contribution in [0.2, 0.25) is 5.02 Å². The van der Waals surface area contributed by atoms with Crippen LogP contribution in [0.1, 0.15) is 27.9 Å². The molecule has 0 fully saturated rings. The van der Waals surface area contributed by atoms with Crippen molar-refractivity contribution in [2.75, 3.05) is 26.0 Å². The molecular formula is C20H21ClN4O3S. The number of anilines is 1. The molecule has 0 bridgehead atoms. The molecule has 29 heavy (non-hydrogen) atoms. The number of hydrogen-bond acceptors (Lipinski definition) is 6. The van der Waals surface area contributed by atoms with E-state index >= 15 is 0 Å². The first-order chi connectivity index (χ1) is 13.9. The maximum Gasteiger partial charge on any atom is 0.293 e. The maximum atomic E-state index is 12.4. The lowest BCUT2D eigenvalue weighted by molar-refractivity contribution is -0.120. The van der Waals surface area contributed by atoms with Gasteiger partial charge < -0.3 is 14.6 Å². The van der Waals surface area contributed by atoms with E-state index in [1.807, 2.05) is 43.3 Å². The summed E-state index contributed by atoms with van der Waals surface area (Å²) in [5.41, 5.74) is 1.54. The molecule has 2 heterocycles. The first-order valence-electron chi connectivity index (χ1n) is 8.91. The maximum absolute atomic E-state index is 12.4. The zero-order valence-electron chi connectivity index (χ0n) is 16.0. The molecule has 0 saturated heterocycles. The van der Waals surface area contributed by atoms with Gasteiger partial charge in [0.15, 0.2) is 10.9 Å². The molecular weight excluding hydrogens is 412 g/mol. The molecule has 2 N–H and O–H groups in total. The summed E-state index contributed by atoms with van der Waals surface area (Å²) in [5, 5.41) is 8.41. The number of carbonyl (C=O) groups is 2. The van der Waals surface area contributed by atoms with E-state index < -0.39 is 0 Å². The van der Waals surface area contributed by atoms with Gasteiger partial charge >= 0.3 is 0 Å². The van der Waals surface area contributed by atoms with Crippen molar-refractivity contribution in [1.29, 1.82) is 0 Å². The number of nitrogens with one attached hydrogen (secondary N) is 2. The largest absolute Gasteiger partial charge is 0.459 e. The summed E-state index contributed by atoms with van der Waals surface area (Å²) < 4.78 is 5.04. The Morgan fingerprint density at radius 1 is 1.24 bits per heavy atom. The van der Waals surface area contributed by atoms with E-state index in [9.17, 15) is 9.59 Å². The Morgan fingerprint density at radius 2 is 2.03 bits per heavy atom. The van der Waals surface area contributed by atoms with Gasteiger partial charge in [0, 0.05) is 16.9 Å². The van der Waals surface area contributed by atoms with Gasteiger partial charge in [-0.05, 0) is 37.9 Å². The quantitative estimate of drug-likeness (QED) is 0.567. The average Bonchev–Trinajstić information content (AvgIpc) is 3.35. The number of carbonyl (C=O) groups excluding carboxylic acids is 2. The van der Waals surface area contributed by atoms with Crippen molar-refractivity contribution in [2.45, 2.75) is 12.5 Å². The standard InChI is InChI=1S/C20H21ClN4O3S/c1-25(2)16(14-6-3-4-7-15(14)21)11-22-18(26)10-13-12-29-20(23-13)24-19(27)17-8-5-9-28-17/h3-9,12,16H,10-11H2,1-2H3,(H,22,26)(H,23,24,27). The lowest BCUT2D eigenvalue weighted by Crippen LogP contribution is -2.35. The number of nitrogens with zero attached hydrogens (tertiary/aromatic N) is 2. The second kappa shape index (κ2) is 9.69. The minimum Gasteiger partial charge on any atom is -0.459 e. The Labute approximate surface area is 177 Å². The Bertz CT molecular complexity index is 972. The minimum atomic E-state index is -0.381. The molecule has 0 aliphatic heterocycles. The summed E-state index contributed by atoms with van der Waals surface area (Å²) in [6.07, 6.45) is 1.55. The van der Waals surface area contributed by atoms with Crippen molar-refractivity contribution in [3.63, 3.8) is 0 Å². The number of rotatable bonds is 8. The summed E-state index contributed by atoms with van der Waals surface area (Å²) >= 11 is 7.56. The highest BCUT2D eigenvalue weighted by Gasteiger charge is 2.18. The van der Waals surface area contributed by atoms with Gasteiger partial charge in [-0.3, -0.25) is 14.9 Å². The molecule has 7 nitrogen and oxygen atoms in total. The lowest BCUT2D eigenvalue weighted by Gasteiger charge is -2.25. The van der Waals surface area contributed by atoms with E-state index in [2.05, 4.69) is 15.6 Å². The number of benzene rings is 1. The lowest BCUT2D eigenvalue weighted by atomic mass is 10.1. The number of aromatic nitrogens is 1. The number of furan rings is 1. The van der Waals surface area contributed by atoms with Crippen LogP contribution in [0.4, 0.5) is 5.13 Å². The van der Waals surface area contributed by atoms with Gasteiger partial charge in [-0.25, -0.2) is 4.98 Å². The van der Waals surface area contributed by atoms with Crippen LogP contribution >= 0.6 is 22.9 Å². The normalized spacial score (nSPS) is 12.0. The molecule has 1 unspecified atom stereocenters. The highest BCUT2D eigenvalue weighted by atomic mass is 35.5. The summed E-state index contributed by atoms with van der Waals surface area (Å²) in [4.78, 5) is 30.6. The van der Waals surface area contributed by atoms with Crippen molar-refractivity contribution in [1.82, 2.24) is 15.2 Å². The second-order valence-electron chi connectivity index (χ2n) is 6.56. The van der Waals surface area contributed by atoms with E-state index in [1.165, 1.54) is 17.6 Å². The fourth-order valence-electron chi connectivity index (χ4n) is 2.77. The summed E-state index contributed by atoms with van der Waals surface area (Å²) in [7, 11) is 3.88. The SMILES string of the molecule is CN(C)C(CNC(=O)Cc1csc(NC(=O)c2ccco2)n1)c1ccccc1Cl. The van der Waals surface area contributed by atoms with Gasteiger partial charge in [0.2, 0.25) is 5.91 Å². The number of hydrogen-bond donors (Lipinski definition) is 2. The highest BCUT2D eigenvalue weighted by molar-refractivity contribution is 7.14. The topological polar surface area (TPSA) is 87.5 Å². The number of amides is 2. The van der Waals surface area contributed by atoms with E-state index in [4.69, 9.17) is 16.0 Å². The molecule has 0 spiro atoms. The zero-order chi connectivity index (χ0) is 20.8. The van der Waals surface area contributed by atoms with Crippen LogP contribution in [0, 0.1) is 0 Å².